The number of hydrogen-bond donors (Lipinski definition) is 2. The van der Waals surface area contributed by atoms with Crippen LogP contribution in [0.2, 0.25) is 0 Å². The van der Waals surface area contributed by atoms with E-state index in [1.807, 2.05) is 0 Å². The van der Waals surface area contributed by atoms with Gasteiger partial charge in [-0.05, 0) is 24.3 Å². The molecule has 0 saturated heterocycles. The van der Waals surface area contributed by atoms with Crippen LogP contribution in [-0.2, 0) is 0 Å². The summed E-state index contributed by atoms with van der Waals surface area (Å²) in [7, 11) is 0. The number of anilines is 1. The fourth-order valence-electron chi connectivity index (χ4n) is 1.89. The third kappa shape index (κ3) is 3.84. The quantitative estimate of drug-likeness (QED) is 0.499. The van der Waals surface area contributed by atoms with Crippen LogP contribution in [0.5, 0.6) is 11.6 Å². The number of amides is 1. The molecule has 0 radical (unpaired) electrons. The van der Waals surface area contributed by atoms with E-state index in [4.69, 9.17) is 4.74 Å². The number of nitrogens with one attached hydrogen (secondary N) is 2. The minimum Gasteiger partial charge on any atom is -0.432 e. The highest BCUT2D eigenvalue weighted by Gasteiger charge is 2.25. The van der Waals surface area contributed by atoms with Crippen molar-refractivity contribution in [1.29, 1.82) is 0 Å². The van der Waals surface area contributed by atoms with Gasteiger partial charge in [-0.15, -0.1) is 0 Å². The molecule has 3 rings (SSSR count). The molecule has 0 unspecified atom stereocenters. The maximum Gasteiger partial charge on any atom is 0.374 e. The van der Waals surface area contributed by atoms with E-state index in [1.165, 1.54) is 24.7 Å². The van der Waals surface area contributed by atoms with Crippen molar-refractivity contribution < 1.29 is 14.5 Å². The molecule has 0 fully saturated rings. The molecular weight excluding hydrogens is 342 g/mol. The molecule has 1 amide bonds. The molecule has 3 aromatic rings. The van der Waals surface area contributed by atoms with Gasteiger partial charge in [0.05, 0.1) is 11.1 Å². The van der Waals surface area contributed by atoms with Crippen LogP contribution < -0.4 is 15.6 Å². The molecule has 0 aliphatic rings. The van der Waals surface area contributed by atoms with Crippen molar-refractivity contribution >= 4 is 17.4 Å². The Balaban J connectivity index is 1.82. The molecular formula is C15H11N7O4. The van der Waals surface area contributed by atoms with E-state index in [1.54, 1.807) is 24.3 Å². The highest BCUT2D eigenvalue weighted by Crippen LogP contribution is 2.33. The monoisotopic (exact) mass is 353 g/mol. The zero-order valence-electron chi connectivity index (χ0n) is 13.1. The Hall–Kier alpha value is -4.15. The Kier molecular flexibility index (Phi) is 4.89. The molecule has 0 atom stereocenters. The number of nitro groups is 1. The van der Waals surface area contributed by atoms with E-state index in [-0.39, 0.29) is 23.1 Å². The predicted octanol–water partition coefficient (Wildman–Crippen LogP) is 1.72. The lowest BCUT2D eigenvalue weighted by Gasteiger charge is -2.09. The van der Waals surface area contributed by atoms with E-state index >= 15 is 0 Å². The van der Waals surface area contributed by atoms with Crippen LogP contribution in [0.4, 0.5) is 11.5 Å². The van der Waals surface area contributed by atoms with E-state index in [9.17, 15) is 14.9 Å². The predicted molar refractivity (Wildman–Crippen MR) is 88.3 cm³/mol. The first-order valence-corrected chi connectivity index (χ1v) is 7.20. The molecule has 11 nitrogen and oxygen atoms in total. The molecule has 0 bridgehead atoms. The van der Waals surface area contributed by atoms with E-state index in [2.05, 4.69) is 30.8 Å². The third-order valence-corrected chi connectivity index (χ3v) is 3.01. The summed E-state index contributed by atoms with van der Waals surface area (Å²) < 4.78 is 5.38. The number of carbonyl (C=O) groups excluding carboxylic acids is 1. The number of nitrogens with zero attached hydrogens (tertiary/aromatic N) is 5. The van der Waals surface area contributed by atoms with Gasteiger partial charge >= 0.3 is 11.6 Å². The van der Waals surface area contributed by atoms with Crippen molar-refractivity contribution in [3.63, 3.8) is 0 Å². The lowest BCUT2D eigenvalue weighted by Crippen LogP contribution is -2.30. The molecule has 0 aliphatic heterocycles. The molecule has 11 heteroatoms. The Morgan fingerprint density at radius 1 is 1.12 bits per heavy atom. The maximum atomic E-state index is 12.0. The Bertz CT molecular complexity index is 922. The largest absolute Gasteiger partial charge is 0.432 e. The molecule has 0 aliphatic carbocycles. The summed E-state index contributed by atoms with van der Waals surface area (Å²) in [5, 5.41) is 11.4. The zero-order valence-corrected chi connectivity index (χ0v) is 13.1. The number of hydrazine groups is 1. The lowest BCUT2D eigenvalue weighted by molar-refractivity contribution is -0.385. The Morgan fingerprint density at radius 3 is 2.69 bits per heavy atom. The molecule has 3 aromatic heterocycles. The van der Waals surface area contributed by atoms with Gasteiger partial charge in [0.25, 0.3) is 5.91 Å². The van der Waals surface area contributed by atoms with Crippen molar-refractivity contribution in [3.05, 3.63) is 71.1 Å². The summed E-state index contributed by atoms with van der Waals surface area (Å²) in [6, 6.07) is 7.95. The van der Waals surface area contributed by atoms with Crippen LogP contribution in [0.1, 0.15) is 10.5 Å². The minimum atomic E-state index is -0.721. The SMILES string of the molecule is O=C(NNc1ncnc(Oc2cccnc2)c1[N+](=O)[O-])c1ccccn1. The van der Waals surface area contributed by atoms with Crippen molar-refractivity contribution in [1.82, 2.24) is 25.4 Å². The summed E-state index contributed by atoms with van der Waals surface area (Å²) in [6.45, 7) is 0. The van der Waals surface area contributed by atoms with Crippen LogP contribution in [-0.4, -0.2) is 30.8 Å². The fraction of sp³-hybridized carbons (Fsp3) is 0. The van der Waals surface area contributed by atoms with Crippen molar-refractivity contribution in [2.75, 3.05) is 5.43 Å². The van der Waals surface area contributed by atoms with E-state index < -0.39 is 16.5 Å². The molecule has 3 heterocycles. The first-order valence-electron chi connectivity index (χ1n) is 7.20. The third-order valence-electron chi connectivity index (χ3n) is 3.01. The average molecular weight is 353 g/mol. The normalized spacial score (nSPS) is 10.0. The van der Waals surface area contributed by atoms with Crippen molar-refractivity contribution in [3.8, 4) is 11.6 Å². The highest BCUT2D eigenvalue weighted by molar-refractivity contribution is 5.93. The first-order chi connectivity index (χ1) is 12.6. The first kappa shape index (κ1) is 16.7. The van der Waals surface area contributed by atoms with Gasteiger partial charge in [-0.3, -0.25) is 35.7 Å². The van der Waals surface area contributed by atoms with Gasteiger partial charge in [0.1, 0.15) is 17.8 Å². The summed E-state index contributed by atoms with van der Waals surface area (Å²) in [6.07, 6.45) is 5.42. The van der Waals surface area contributed by atoms with Gasteiger partial charge in [-0.2, -0.15) is 4.98 Å². The number of rotatable bonds is 6. The van der Waals surface area contributed by atoms with Crippen LogP contribution in [0.15, 0.2) is 55.2 Å². The zero-order chi connectivity index (χ0) is 18.4. The highest BCUT2D eigenvalue weighted by atomic mass is 16.6. The summed E-state index contributed by atoms with van der Waals surface area (Å²) in [5.74, 6) is -0.869. The molecule has 2 N–H and O–H groups in total. The molecule has 130 valence electrons. The summed E-state index contributed by atoms with van der Waals surface area (Å²) in [5.41, 5.74) is 4.26. The topological polar surface area (TPSA) is 145 Å². The number of hydrogen-bond acceptors (Lipinski definition) is 9. The Morgan fingerprint density at radius 2 is 2.00 bits per heavy atom. The van der Waals surface area contributed by atoms with Crippen LogP contribution in [0, 0.1) is 10.1 Å². The molecule has 26 heavy (non-hydrogen) atoms. The van der Waals surface area contributed by atoms with E-state index in [0.717, 1.165) is 6.33 Å². The van der Waals surface area contributed by atoms with E-state index in [0.29, 0.717) is 0 Å². The fourth-order valence-corrected chi connectivity index (χ4v) is 1.89. The second-order valence-electron chi connectivity index (χ2n) is 4.72. The van der Waals surface area contributed by atoms with Gasteiger partial charge < -0.3 is 4.74 Å². The van der Waals surface area contributed by atoms with Gasteiger partial charge in [-0.25, -0.2) is 4.98 Å². The van der Waals surface area contributed by atoms with Gasteiger partial charge in [-0.1, -0.05) is 6.07 Å². The average Bonchev–Trinajstić information content (AvgIpc) is 2.67. The number of ether oxygens (including phenoxy) is 1. The van der Waals surface area contributed by atoms with Crippen molar-refractivity contribution in [2.45, 2.75) is 0 Å². The Labute approximate surface area is 146 Å². The summed E-state index contributed by atoms with van der Waals surface area (Å²) in [4.78, 5) is 37.9. The second-order valence-corrected chi connectivity index (χ2v) is 4.72. The van der Waals surface area contributed by atoms with Crippen LogP contribution in [0.25, 0.3) is 0 Å². The van der Waals surface area contributed by atoms with Crippen molar-refractivity contribution in [2.24, 2.45) is 0 Å². The number of aromatic nitrogens is 4. The number of pyridine rings is 2. The molecule has 0 spiro atoms. The summed E-state index contributed by atoms with van der Waals surface area (Å²) >= 11 is 0. The standard InChI is InChI=1S/C15H11N7O4/c23-14(11-5-1-2-7-17-11)21-20-13-12(22(24)25)15(19-9-18-13)26-10-4-3-6-16-8-10/h1-9H,(H,21,23)(H,18,19,20). The molecule has 0 aromatic carbocycles. The maximum absolute atomic E-state index is 12.0. The lowest BCUT2D eigenvalue weighted by atomic mass is 10.3. The van der Waals surface area contributed by atoms with Crippen LogP contribution >= 0.6 is 0 Å². The smallest absolute Gasteiger partial charge is 0.374 e. The van der Waals surface area contributed by atoms with Gasteiger partial charge in [0.15, 0.2) is 0 Å². The van der Waals surface area contributed by atoms with Crippen LogP contribution in [0.3, 0.4) is 0 Å². The van der Waals surface area contributed by atoms with Gasteiger partial charge in [0, 0.05) is 12.4 Å². The molecule has 0 saturated carbocycles. The second kappa shape index (κ2) is 7.61. The minimum absolute atomic E-state index is 0.128. The number of carbonyl (C=O) groups is 1. The van der Waals surface area contributed by atoms with Gasteiger partial charge in [0.2, 0.25) is 5.82 Å².